The summed E-state index contributed by atoms with van der Waals surface area (Å²) in [6.45, 7) is 8.35. The van der Waals surface area contributed by atoms with Crippen LogP contribution in [-0.4, -0.2) is 26.2 Å². The Kier molecular flexibility index (Phi) is 4.77. The molecule has 0 radical (unpaired) electrons. The normalized spacial score (nSPS) is 19.6. The lowest BCUT2D eigenvalue weighted by Crippen LogP contribution is -2.26. The van der Waals surface area contributed by atoms with Crippen LogP contribution in [-0.2, 0) is 0 Å². The minimum Gasteiger partial charge on any atom is -0.369 e. The summed E-state index contributed by atoms with van der Waals surface area (Å²) in [6, 6.07) is 3.91. The van der Waals surface area contributed by atoms with E-state index in [-0.39, 0.29) is 0 Å². The zero-order chi connectivity index (χ0) is 13.1. The van der Waals surface area contributed by atoms with Gasteiger partial charge in [0.15, 0.2) is 0 Å². The van der Waals surface area contributed by atoms with E-state index in [9.17, 15) is 0 Å². The maximum absolute atomic E-state index is 6.39. The molecule has 2 rings (SSSR count). The van der Waals surface area contributed by atoms with Crippen molar-refractivity contribution in [3.8, 4) is 0 Å². The lowest BCUT2D eigenvalue weighted by Gasteiger charge is -2.22. The van der Waals surface area contributed by atoms with Crippen LogP contribution in [0, 0.1) is 12.8 Å². The Labute approximate surface area is 119 Å². The minimum atomic E-state index is 0.692. The van der Waals surface area contributed by atoms with Crippen LogP contribution in [0.15, 0.2) is 12.1 Å². The monoisotopic (exact) mass is 286 g/mol. The summed E-state index contributed by atoms with van der Waals surface area (Å²) in [5, 5.41) is 4.97. The molecule has 4 heteroatoms. The molecule has 1 aromatic carbocycles. The molecule has 100 valence electrons. The van der Waals surface area contributed by atoms with Crippen LogP contribution < -0.4 is 10.2 Å². The third kappa shape index (κ3) is 2.93. The summed E-state index contributed by atoms with van der Waals surface area (Å²) in [5.41, 5.74) is 2.10. The molecule has 2 nitrogen and oxygen atoms in total. The number of halogens is 2. The highest BCUT2D eigenvalue weighted by molar-refractivity contribution is 6.39. The molecule has 1 heterocycles. The van der Waals surface area contributed by atoms with Crippen molar-refractivity contribution >= 4 is 28.9 Å². The summed E-state index contributed by atoms with van der Waals surface area (Å²) in [7, 11) is 0. The fourth-order valence-corrected chi connectivity index (χ4v) is 3.09. The standard InChI is InChI=1S/C14H20Cl2N2/c1-3-17-8-11-6-7-18(9-11)14-12(15)5-4-10(2)13(14)16/h4-5,11,17H,3,6-9H2,1-2H3. The van der Waals surface area contributed by atoms with Crippen molar-refractivity contribution < 1.29 is 0 Å². The number of hydrogen-bond acceptors (Lipinski definition) is 2. The Balaban J connectivity index is 2.12. The van der Waals surface area contributed by atoms with Crippen LogP contribution in [0.1, 0.15) is 18.9 Å². The van der Waals surface area contributed by atoms with Crippen LogP contribution in [0.3, 0.4) is 0 Å². The average molecular weight is 287 g/mol. The highest BCUT2D eigenvalue weighted by atomic mass is 35.5. The molecule has 0 amide bonds. The highest BCUT2D eigenvalue weighted by Crippen LogP contribution is 2.38. The predicted molar refractivity (Wildman–Crippen MR) is 80.1 cm³/mol. The average Bonchev–Trinajstić information content (AvgIpc) is 2.80. The van der Waals surface area contributed by atoms with Gasteiger partial charge in [-0.1, -0.05) is 36.2 Å². The first kappa shape index (κ1) is 14.0. The topological polar surface area (TPSA) is 15.3 Å². The molecule has 0 aromatic heterocycles. The van der Waals surface area contributed by atoms with Crippen LogP contribution in [0.5, 0.6) is 0 Å². The van der Waals surface area contributed by atoms with Gasteiger partial charge in [-0.2, -0.15) is 0 Å². The third-order valence-corrected chi connectivity index (χ3v) is 4.33. The first-order valence-electron chi connectivity index (χ1n) is 6.53. The van der Waals surface area contributed by atoms with Crippen LogP contribution in [0.4, 0.5) is 5.69 Å². The van der Waals surface area contributed by atoms with Crippen molar-refractivity contribution in [1.82, 2.24) is 5.32 Å². The molecule has 0 saturated carbocycles. The Hall–Kier alpha value is -0.440. The van der Waals surface area contributed by atoms with Crippen molar-refractivity contribution in [1.29, 1.82) is 0 Å². The molecule has 18 heavy (non-hydrogen) atoms. The molecule has 0 aliphatic carbocycles. The summed E-state index contributed by atoms with van der Waals surface area (Å²) in [6.07, 6.45) is 1.20. The van der Waals surface area contributed by atoms with Crippen molar-refractivity contribution in [2.75, 3.05) is 31.1 Å². The molecule has 1 unspecified atom stereocenters. The zero-order valence-electron chi connectivity index (χ0n) is 11.0. The molecule has 1 saturated heterocycles. The molecule has 0 spiro atoms. The van der Waals surface area contributed by atoms with Gasteiger partial charge in [0, 0.05) is 13.1 Å². The molecule has 1 aliphatic rings. The fourth-order valence-electron chi connectivity index (χ4n) is 2.48. The first-order valence-corrected chi connectivity index (χ1v) is 7.29. The second-order valence-electron chi connectivity index (χ2n) is 4.94. The molecule has 0 bridgehead atoms. The van der Waals surface area contributed by atoms with E-state index in [1.54, 1.807) is 0 Å². The second-order valence-corrected chi connectivity index (χ2v) is 5.72. The van der Waals surface area contributed by atoms with Crippen molar-refractivity contribution in [2.45, 2.75) is 20.3 Å². The third-order valence-electron chi connectivity index (χ3n) is 3.55. The molecule has 1 N–H and O–H groups in total. The quantitative estimate of drug-likeness (QED) is 0.907. The SMILES string of the molecule is CCNCC1CCN(c2c(Cl)ccc(C)c2Cl)C1. The van der Waals surface area contributed by atoms with E-state index in [4.69, 9.17) is 23.2 Å². The summed E-state index contributed by atoms with van der Waals surface area (Å²) >= 11 is 12.7. The van der Waals surface area contributed by atoms with E-state index in [0.29, 0.717) is 5.92 Å². The number of anilines is 1. The van der Waals surface area contributed by atoms with Gasteiger partial charge >= 0.3 is 0 Å². The van der Waals surface area contributed by atoms with Crippen molar-refractivity contribution in [3.05, 3.63) is 27.7 Å². The van der Waals surface area contributed by atoms with Gasteiger partial charge in [-0.05, 0) is 44.0 Å². The lowest BCUT2D eigenvalue weighted by atomic mass is 10.1. The van der Waals surface area contributed by atoms with Gasteiger partial charge in [-0.25, -0.2) is 0 Å². The number of benzene rings is 1. The van der Waals surface area contributed by atoms with Gasteiger partial charge in [-0.15, -0.1) is 0 Å². The minimum absolute atomic E-state index is 0.692. The smallest absolute Gasteiger partial charge is 0.0747 e. The largest absolute Gasteiger partial charge is 0.369 e. The number of nitrogens with zero attached hydrogens (tertiary/aromatic N) is 1. The molecular formula is C14H20Cl2N2. The molecule has 1 aliphatic heterocycles. The van der Waals surface area contributed by atoms with Crippen LogP contribution in [0.25, 0.3) is 0 Å². The Morgan fingerprint density at radius 2 is 2.17 bits per heavy atom. The van der Waals surface area contributed by atoms with Gasteiger partial charge < -0.3 is 10.2 Å². The van der Waals surface area contributed by atoms with Crippen molar-refractivity contribution in [3.63, 3.8) is 0 Å². The van der Waals surface area contributed by atoms with E-state index >= 15 is 0 Å². The first-order chi connectivity index (χ1) is 8.63. The maximum atomic E-state index is 6.39. The number of hydrogen-bond donors (Lipinski definition) is 1. The van der Waals surface area contributed by atoms with Gasteiger partial charge in [0.05, 0.1) is 15.7 Å². The van der Waals surface area contributed by atoms with E-state index in [1.165, 1.54) is 6.42 Å². The summed E-state index contributed by atoms with van der Waals surface area (Å²) in [4.78, 5) is 2.32. The Bertz CT molecular complexity index is 421. The number of aryl methyl sites for hydroxylation is 1. The molecular weight excluding hydrogens is 267 g/mol. The van der Waals surface area contributed by atoms with Gasteiger partial charge in [-0.3, -0.25) is 0 Å². The highest BCUT2D eigenvalue weighted by Gasteiger charge is 2.25. The summed E-state index contributed by atoms with van der Waals surface area (Å²) in [5.74, 6) is 0.692. The number of rotatable bonds is 4. The van der Waals surface area contributed by atoms with E-state index in [1.807, 2.05) is 19.1 Å². The van der Waals surface area contributed by atoms with E-state index in [0.717, 1.165) is 47.5 Å². The number of nitrogens with one attached hydrogen (secondary N) is 1. The van der Waals surface area contributed by atoms with Crippen LogP contribution >= 0.6 is 23.2 Å². The van der Waals surface area contributed by atoms with Crippen LogP contribution in [0.2, 0.25) is 10.0 Å². The van der Waals surface area contributed by atoms with Gasteiger partial charge in [0.1, 0.15) is 0 Å². The van der Waals surface area contributed by atoms with Gasteiger partial charge in [0.2, 0.25) is 0 Å². The van der Waals surface area contributed by atoms with Gasteiger partial charge in [0.25, 0.3) is 0 Å². The van der Waals surface area contributed by atoms with E-state index in [2.05, 4.69) is 17.1 Å². The Morgan fingerprint density at radius 3 is 2.89 bits per heavy atom. The second kappa shape index (κ2) is 6.14. The zero-order valence-corrected chi connectivity index (χ0v) is 12.5. The molecule has 1 aromatic rings. The molecule has 1 fully saturated rings. The maximum Gasteiger partial charge on any atom is 0.0747 e. The predicted octanol–water partition coefficient (Wildman–Crippen LogP) is 3.74. The fraction of sp³-hybridized carbons (Fsp3) is 0.571. The Morgan fingerprint density at radius 1 is 1.39 bits per heavy atom. The lowest BCUT2D eigenvalue weighted by molar-refractivity contribution is 0.528. The van der Waals surface area contributed by atoms with E-state index < -0.39 is 0 Å². The molecule has 1 atom stereocenters. The van der Waals surface area contributed by atoms with Crippen molar-refractivity contribution in [2.24, 2.45) is 5.92 Å². The summed E-state index contributed by atoms with van der Waals surface area (Å²) < 4.78 is 0.